The van der Waals surface area contributed by atoms with E-state index in [2.05, 4.69) is 61.0 Å². The van der Waals surface area contributed by atoms with Crippen molar-refractivity contribution >= 4 is 54.3 Å². The van der Waals surface area contributed by atoms with Gasteiger partial charge in [-0.1, -0.05) is 65.5 Å². The van der Waals surface area contributed by atoms with Gasteiger partial charge in [0, 0.05) is 19.4 Å². The molecule has 560 valence electrons. The maximum absolute atomic E-state index is 13.5. The lowest BCUT2D eigenvalue weighted by Gasteiger charge is -2.58. The van der Waals surface area contributed by atoms with E-state index in [4.69, 9.17) is 97.0 Å². The van der Waals surface area contributed by atoms with Gasteiger partial charge in [-0.2, -0.15) is 39.5 Å². The summed E-state index contributed by atoms with van der Waals surface area (Å²) in [4.78, 5) is 21.6. The Balaban J connectivity index is 0.000000691. The molecule has 23 atom stereocenters. The van der Waals surface area contributed by atoms with Crippen LogP contribution in [-0.4, -0.2) is 226 Å². The molecule has 2 saturated heterocycles. The van der Waals surface area contributed by atoms with E-state index in [1.165, 1.54) is 50.5 Å². The number of alkyl carbamates (subject to hydrolysis) is 1. The van der Waals surface area contributed by atoms with Gasteiger partial charge >= 0.3 is 40.5 Å². The number of nitrogens with two attached hydrogens (primary N) is 6. The zero-order chi connectivity index (χ0) is 73.6. The van der Waals surface area contributed by atoms with Gasteiger partial charge in [-0.3, -0.25) is 49.4 Å². The van der Waals surface area contributed by atoms with Gasteiger partial charge in [-0.25, -0.2) is 30.0 Å². The lowest BCUT2D eigenvalue weighted by molar-refractivity contribution is -0.587. The highest BCUT2D eigenvalue weighted by Crippen LogP contribution is 2.67. The summed E-state index contributed by atoms with van der Waals surface area (Å²) in [5.74, 6) is 3.36. The molecular weight excluding hydrogens is 1380 g/mol. The first-order valence-corrected chi connectivity index (χ1v) is 34.4. The highest BCUT2D eigenvalue weighted by molar-refractivity contribution is 7.87. The van der Waals surface area contributed by atoms with Crippen molar-refractivity contribution in [3.05, 3.63) is 11.6 Å². The number of nitrogens with one attached hydrogen (secondary N) is 4. The molecule has 4 saturated carbocycles. The Morgan fingerprint density at radius 1 is 0.656 bits per heavy atom. The molecule has 0 radical (unpaired) electrons. The number of hydrogen-bond donors (Lipinski definition) is 17. The molecule has 1 amide bonds. The van der Waals surface area contributed by atoms with Gasteiger partial charge in [0.15, 0.2) is 42.9 Å². The Morgan fingerprint density at radius 3 is 1.59 bits per heavy atom. The number of amides is 1. The fourth-order valence-electron chi connectivity index (χ4n) is 14.5. The minimum atomic E-state index is -6.09. The number of alkyl halides is 9. The van der Waals surface area contributed by atoms with Crippen LogP contribution in [0.1, 0.15) is 112 Å². The Labute approximate surface area is 547 Å². The Bertz CT molecular complexity index is 2960. The van der Waals surface area contributed by atoms with Crippen LogP contribution < -0.4 is 54.7 Å². The molecule has 0 unspecified atom stereocenters. The first kappa shape index (κ1) is 83.9. The van der Waals surface area contributed by atoms with Crippen molar-refractivity contribution in [3.8, 4) is 0 Å². The molecule has 23 N–H and O–H groups in total. The van der Waals surface area contributed by atoms with E-state index in [0.29, 0.717) is 30.1 Å². The molecule has 0 spiro atoms. The second-order valence-electron chi connectivity index (χ2n) is 25.8. The molecule has 96 heavy (non-hydrogen) atoms. The molecule has 0 aromatic heterocycles. The highest BCUT2D eigenvalue weighted by atomic mass is 32.2. The number of aliphatic hydroxyl groups is 7. The minimum absolute atomic E-state index is 0.0536. The standard InChI is InChI=1S/C49H86N10O13.3CHF3O3S/c1-21(2)7-6-8-22(3)26-11-12-27-25-10-9-23-17-24(13-15-48(23,4)28(25)14-16-49(26,27)5)68-47(67)56-19-31-35(62)37(64)38(65)43(69-31)72-41-30(58-45(52)53)18-29(57-44(50)51)40(39(41)66)71-42-36(63)33(59-46(54)55)34(61)32(20-60)70-42;3*2-1(3,4)8(5,6)7/h9,21-22,24-43,60-66H,6-8,10-20H2,1-5H3,(H,56,67)(H4,50,51,57)(H4,52,53,58)(H4,54,55,59);3*(H,5,6,7)/t22-,24+,25+,26-,27+,28+,29-,30+,31-,32-,33+,34-,35-,36-,37+,38-,39-,40+,41+,42+,43+,48+,49-;;;/m1.../s1. The van der Waals surface area contributed by atoms with E-state index in [-0.39, 0.29) is 42.4 Å². The van der Waals surface area contributed by atoms with Crippen LogP contribution in [0.15, 0.2) is 11.6 Å². The monoisotopic (exact) mass is 1470 g/mol. The number of aliphatic hydroxyl groups excluding tert-OH is 7. The number of fused-ring (bicyclic) bond motifs is 5. The van der Waals surface area contributed by atoms with Crippen molar-refractivity contribution in [1.82, 2.24) is 5.32 Å². The van der Waals surface area contributed by atoms with Gasteiger partial charge in [0.2, 0.25) is 0 Å². The number of carbonyl (C=O) groups is 1. The van der Waals surface area contributed by atoms with Crippen molar-refractivity contribution in [3.63, 3.8) is 0 Å². The summed E-state index contributed by atoms with van der Waals surface area (Å²) in [6.45, 7) is 11.1. The van der Waals surface area contributed by atoms with Crippen LogP contribution in [0.4, 0.5) is 44.3 Å². The largest absolute Gasteiger partial charge is 0.741 e. The van der Waals surface area contributed by atoms with Crippen LogP contribution in [-0.2, 0) is 54.0 Å². The van der Waals surface area contributed by atoms with E-state index in [1.807, 2.05) is 0 Å². The molecule has 2 heterocycles. The quantitative estimate of drug-likeness (QED) is 0.0171. The van der Waals surface area contributed by atoms with Crippen LogP contribution in [0.25, 0.3) is 0 Å². The van der Waals surface area contributed by atoms with E-state index < -0.39 is 151 Å². The molecule has 5 aliphatic carbocycles. The lowest BCUT2D eigenvalue weighted by atomic mass is 9.47. The number of carbonyl (C=O) groups excluding carboxylic acids is 1. The van der Waals surface area contributed by atoms with E-state index >= 15 is 0 Å². The lowest BCUT2D eigenvalue weighted by Crippen LogP contribution is -2.96. The number of rotatable bonds is 16. The Kier molecular flexibility index (Phi) is 28.7. The molecule has 0 aromatic rings. The molecule has 7 rings (SSSR count). The molecule has 2 aliphatic heterocycles. The van der Waals surface area contributed by atoms with Gasteiger partial charge in [0.25, 0.3) is 0 Å². The predicted molar refractivity (Wildman–Crippen MR) is 308 cm³/mol. The van der Waals surface area contributed by atoms with Crippen LogP contribution in [0.5, 0.6) is 0 Å². The first-order valence-electron chi connectivity index (χ1n) is 30.2. The number of guanidine groups is 3. The number of hydrogen-bond acceptors (Lipinski definition) is 22. The summed E-state index contributed by atoms with van der Waals surface area (Å²) in [5, 5.41) is 80.1. The average Bonchev–Trinajstić information content (AvgIpc) is 1.38. The van der Waals surface area contributed by atoms with Crippen LogP contribution in [0.3, 0.4) is 0 Å². The van der Waals surface area contributed by atoms with Crippen LogP contribution in [0, 0.1) is 46.3 Å². The molecular formula is C52H89F9N10O22S3. The fourth-order valence-corrected chi connectivity index (χ4v) is 14.5. The van der Waals surface area contributed by atoms with Gasteiger partial charge < -0.3 is 78.4 Å². The third-order valence-corrected chi connectivity index (χ3v) is 20.7. The zero-order valence-electron chi connectivity index (χ0n) is 52.5. The zero-order valence-corrected chi connectivity index (χ0v) is 55.0. The summed E-state index contributed by atoms with van der Waals surface area (Å²) in [6, 6.07) is -3.30. The molecule has 44 heteroatoms. The predicted octanol–water partition coefficient (Wildman–Crippen LogP) is -6.77. The smallest absolute Gasteiger partial charge is 0.485 e. The van der Waals surface area contributed by atoms with Crippen molar-refractivity contribution in [1.29, 1.82) is 0 Å². The van der Waals surface area contributed by atoms with Crippen LogP contribution in [0.2, 0.25) is 0 Å². The van der Waals surface area contributed by atoms with Gasteiger partial charge in [-0.05, 0) is 91.3 Å². The molecule has 32 nitrogen and oxygen atoms in total. The van der Waals surface area contributed by atoms with E-state index in [9.17, 15) is 80.1 Å². The average molecular weight is 1470 g/mol. The van der Waals surface area contributed by atoms with E-state index in [1.54, 1.807) is 0 Å². The second kappa shape index (κ2) is 32.9. The second-order valence-corrected chi connectivity index (χ2v) is 29.9. The van der Waals surface area contributed by atoms with Crippen LogP contribution >= 0.6 is 0 Å². The van der Waals surface area contributed by atoms with Crippen molar-refractivity contribution in [2.75, 3.05) is 13.2 Å². The Morgan fingerprint density at radius 2 is 1.14 bits per heavy atom. The summed E-state index contributed by atoms with van der Waals surface area (Å²) < 4.78 is 207. The third-order valence-electron chi connectivity index (χ3n) is 19.0. The number of allylic oxidation sites excluding steroid dienone is 1. The Hall–Kier alpha value is -4.52. The van der Waals surface area contributed by atoms with Crippen molar-refractivity contribution in [2.24, 2.45) is 80.7 Å². The van der Waals surface area contributed by atoms with Gasteiger partial charge in [0.1, 0.15) is 85.3 Å². The summed E-state index contributed by atoms with van der Waals surface area (Å²) >= 11 is 0. The molecule has 0 aromatic carbocycles. The first-order chi connectivity index (χ1) is 43.7. The topological polar surface area (TPSA) is 586 Å². The molecule has 6 fully saturated rings. The van der Waals surface area contributed by atoms with Gasteiger partial charge in [0.05, 0.1) is 6.61 Å². The SMILES string of the molecule is CC(C)CCC[C@@H](C)[C@H]1CC[C@H]2[C@@H]3CC=C4C[C@@H](OC(=O)NC[C@H]5O[C@@H](O[C@@H]6[C@H](O)[C@@H](O[C@@H]7O[C@H](CO)[C@@H](O)[C@H]([NH+]=C(N)N)[C@H]7O)[C@H]([NH+]=C(N)N)C[C@@H]6[NH+]=C(N)N)[C@H](O)[C@@H](O)[C@@H]5O)CC[C@]4(C)[C@H]3CC[C@]12C.O=S(=O)([O-])C(F)(F)F.O=S(=O)([O-])C(F)(F)F.O=S(=O)([O-])C(F)(F)F. The van der Waals surface area contributed by atoms with Gasteiger partial charge in [-0.15, -0.1) is 0 Å². The third kappa shape index (κ3) is 21.3. The normalized spacial score (nSPS) is 36.7. The fraction of sp³-hybridized carbons (Fsp3) is 0.885. The molecule has 0 bridgehead atoms. The maximum Gasteiger partial charge on any atom is 0.485 e. The number of halogens is 9. The highest BCUT2D eigenvalue weighted by Gasteiger charge is 2.60. The summed E-state index contributed by atoms with van der Waals surface area (Å²) in [6.07, 6.45) is -5.61. The summed E-state index contributed by atoms with van der Waals surface area (Å²) in [7, 11) is -18.3. The maximum atomic E-state index is 13.5. The summed E-state index contributed by atoms with van der Waals surface area (Å²) in [5.41, 5.74) is 19.4. The minimum Gasteiger partial charge on any atom is -0.741 e. The van der Waals surface area contributed by atoms with Crippen molar-refractivity contribution < 1.29 is 158 Å². The van der Waals surface area contributed by atoms with Crippen molar-refractivity contribution in [2.45, 2.75) is 226 Å². The number of ether oxygens (including phenoxy) is 5. The van der Waals surface area contributed by atoms with E-state index in [0.717, 1.165) is 36.5 Å². The molecule has 7 aliphatic rings.